The molecule has 8 nitrogen and oxygen atoms in total. The number of hydrogen-bond acceptors (Lipinski definition) is 5. The van der Waals surface area contributed by atoms with E-state index in [0.29, 0.717) is 6.54 Å². The zero-order valence-electron chi connectivity index (χ0n) is 12.7. The van der Waals surface area contributed by atoms with Crippen LogP contribution < -0.4 is 0 Å². The fourth-order valence-electron chi connectivity index (χ4n) is 1.80. The van der Waals surface area contributed by atoms with E-state index in [-0.39, 0.29) is 6.10 Å². The molecule has 0 saturated carbocycles. The molecule has 0 aliphatic carbocycles. The van der Waals surface area contributed by atoms with E-state index in [1.54, 1.807) is 11.0 Å². The highest BCUT2D eigenvalue weighted by Gasteiger charge is 2.13. The van der Waals surface area contributed by atoms with Crippen LogP contribution in [0.5, 0.6) is 0 Å². The van der Waals surface area contributed by atoms with Gasteiger partial charge in [-0.2, -0.15) is 5.10 Å². The maximum absolute atomic E-state index is 8.36. The summed E-state index contributed by atoms with van der Waals surface area (Å²) in [4.78, 5) is 12.3. The second-order valence-electron chi connectivity index (χ2n) is 4.62. The lowest BCUT2D eigenvalue weighted by Crippen LogP contribution is -2.14. The minimum absolute atomic E-state index is 0.0227. The van der Waals surface area contributed by atoms with Gasteiger partial charge in [0.05, 0.1) is 6.54 Å². The van der Waals surface area contributed by atoms with Crippen LogP contribution in [0.1, 0.15) is 31.4 Å². The topological polar surface area (TPSA) is 103 Å². The van der Waals surface area contributed by atoms with Crippen LogP contribution in [0, 0.1) is 10.1 Å². The fraction of sp³-hybridized carbons (Fsp3) is 0.429. The predicted molar refractivity (Wildman–Crippen MR) is 83.9 cm³/mol. The lowest BCUT2D eigenvalue weighted by molar-refractivity contribution is -0.742. The zero-order chi connectivity index (χ0) is 17.1. The molecule has 2 aromatic rings. The molecule has 2 rings (SSSR count). The van der Waals surface area contributed by atoms with Crippen LogP contribution in [0.2, 0.25) is 5.02 Å². The molecule has 0 aliphatic heterocycles. The van der Waals surface area contributed by atoms with Crippen molar-refractivity contribution in [2.24, 2.45) is 0 Å². The van der Waals surface area contributed by atoms with Crippen molar-refractivity contribution >= 4 is 11.6 Å². The van der Waals surface area contributed by atoms with Gasteiger partial charge < -0.3 is 9.94 Å². The number of hydrogen-bond donors (Lipinski definition) is 1. The van der Waals surface area contributed by atoms with Gasteiger partial charge >= 0.3 is 0 Å². The second kappa shape index (κ2) is 10.5. The molecular weight excluding hydrogens is 324 g/mol. The second-order valence-corrected chi connectivity index (χ2v) is 5.06. The molecule has 1 aromatic heterocycles. The van der Waals surface area contributed by atoms with Gasteiger partial charge in [0, 0.05) is 11.6 Å². The predicted octanol–water partition coefficient (Wildman–Crippen LogP) is 3.14. The van der Waals surface area contributed by atoms with Crippen molar-refractivity contribution in [1.82, 2.24) is 14.8 Å². The van der Waals surface area contributed by atoms with Crippen LogP contribution >= 0.6 is 11.6 Å². The van der Waals surface area contributed by atoms with Gasteiger partial charge in [-0.15, -0.1) is 10.1 Å². The summed E-state index contributed by atoms with van der Waals surface area (Å²) in [7, 11) is 0. The fourth-order valence-corrected chi connectivity index (χ4v) is 1.92. The molecule has 0 saturated heterocycles. The maximum Gasteiger partial charge on any atom is 0.291 e. The largest absolute Gasteiger partial charge is 0.372 e. The van der Waals surface area contributed by atoms with Crippen LogP contribution in [0.4, 0.5) is 0 Å². The molecular formula is C14H19ClN4O4. The van der Waals surface area contributed by atoms with Crippen LogP contribution in [-0.4, -0.2) is 31.7 Å². The SMILES string of the molecule is CCCCOC(Cn1cncn1)c1ccc(Cl)cc1.O=[N+]([O-])O. The Morgan fingerprint density at radius 1 is 1.43 bits per heavy atom. The zero-order valence-corrected chi connectivity index (χ0v) is 13.5. The summed E-state index contributed by atoms with van der Waals surface area (Å²) in [5.74, 6) is 0. The van der Waals surface area contributed by atoms with Gasteiger partial charge in [0.15, 0.2) is 0 Å². The summed E-state index contributed by atoms with van der Waals surface area (Å²) in [6.45, 7) is 3.56. The maximum atomic E-state index is 8.36. The molecule has 23 heavy (non-hydrogen) atoms. The van der Waals surface area contributed by atoms with Gasteiger partial charge in [-0.25, -0.2) is 4.98 Å². The molecule has 0 radical (unpaired) electrons. The summed E-state index contributed by atoms with van der Waals surface area (Å²) in [6.07, 6.45) is 5.39. The Kier molecular flexibility index (Phi) is 8.63. The van der Waals surface area contributed by atoms with Crippen molar-refractivity contribution < 1.29 is 15.0 Å². The van der Waals surface area contributed by atoms with Crippen LogP contribution in [0.3, 0.4) is 0 Å². The van der Waals surface area contributed by atoms with Gasteiger partial charge in [0.25, 0.3) is 5.09 Å². The minimum Gasteiger partial charge on any atom is -0.372 e. The molecule has 0 aliphatic rings. The minimum atomic E-state index is -1.50. The highest BCUT2D eigenvalue weighted by Crippen LogP contribution is 2.21. The quantitative estimate of drug-likeness (QED) is 0.471. The van der Waals surface area contributed by atoms with E-state index in [4.69, 9.17) is 31.7 Å². The Balaban J connectivity index is 0.000000593. The Morgan fingerprint density at radius 2 is 2.09 bits per heavy atom. The first-order chi connectivity index (χ1) is 11.0. The Hall–Kier alpha value is -2.19. The summed E-state index contributed by atoms with van der Waals surface area (Å²) >= 11 is 5.92. The van der Waals surface area contributed by atoms with E-state index >= 15 is 0 Å². The van der Waals surface area contributed by atoms with Crippen LogP contribution in [0.25, 0.3) is 0 Å². The average molecular weight is 343 g/mol. The molecule has 9 heteroatoms. The molecule has 126 valence electrons. The first kappa shape index (κ1) is 18.9. The molecule has 1 aromatic carbocycles. The Labute approximate surface area is 138 Å². The molecule has 0 spiro atoms. The lowest BCUT2D eigenvalue weighted by Gasteiger charge is -2.18. The Bertz CT molecular complexity index is 559. The molecule has 1 heterocycles. The molecule has 0 amide bonds. The number of nitrogens with zero attached hydrogens (tertiary/aromatic N) is 4. The van der Waals surface area contributed by atoms with Gasteiger partial charge in [0.2, 0.25) is 0 Å². The number of aromatic nitrogens is 3. The number of rotatable bonds is 7. The third-order valence-electron chi connectivity index (χ3n) is 2.88. The number of ether oxygens (including phenoxy) is 1. The normalized spacial score (nSPS) is 11.4. The Morgan fingerprint density at radius 3 is 2.61 bits per heavy atom. The van der Waals surface area contributed by atoms with Crippen molar-refractivity contribution in [2.75, 3.05) is 6.61 Å². The summed E-state index contributed by atoms with van der Waals surface area (Å²) in [5, 5.41) is 18.5. The van der Waals surface area contributed by atoms with E-state index in [1.165, 1.54) is 6.33 Å². The van der Waals surface area contributed by atoms with Crippen molar-refractivity contribution in [3.05, 3.63) is 57.6 Å². The highest BCUT2D eigenvalue weighted by atomic mass is 35.5. The summed E-state index contributed by atoms with van der Waals surface area (Å²) in [6, 6.07) is 7.76. The van der Waals surface area contributed by atoms with Gasteiger partial charge in [-0.05, 0) is 24.1 Å². The van der Waals surface area contributed by atoms with Crippen molar-refractivity contribution in [2.45, 2.75) is 32.4 Å². The third-order valence-corrected chi connectivity index (χ3v) is 3.13. The van der Waals surface area contributed by atoms with E-state index in [0.717, 1.165) is 30.0 Å². The molecule has 0 fully saturated rings. The van der Waals surface area contributed by atoms with Crippen molar-refractivity contribution in [3.63, 3.8) is 0 Å². The average Bonchev–Trinajstić information content (AvgIpc) is 3.00. The molecule has 1 atom stereocenters. The monoisotopic (exact) mass is 342 g/mol. The van der Waals surface area contributed by atoms with E-state index in [2.05, 4.69) is 17.0 Å². The number of halogens is 1. The van der Waals surface area contributed by atoms with E-state index < -0.39 is 5.09 Å². The summed E-state index contributed by atoms with van der Waals surface area (Å²) in [5.41, 5.74) is 1.11. The first-order valence-electron chi connectivity index (χ1n) is 7.05. The van der Waals surface area contributed by atoms with E-state index in [1.807, 2.05) is 24.3 Å². The third kappa shape index (κ3) is 8.12. The molecule has 1 unspecified atom stereocenters. The van der Waals surface area contributed by atoms with Gasteiger partial charge in [-0.3, -0.25) is 4.68 Å². The highest BCUT2D eigenvalue weighted by molar-refractivity contribution is 6.30. The van der Waals surface area contributed by atoms with E-state index in [9.17, 15) is 0 Å². The van der Waals surface area contributed by atoms with Crippen LogP contribution in [0.15, 0.2) is 36.9 Å². The van der Waals surface area contributed by atoms with Gasteiger partial charge in [-0.1, -0.05) is 37.1 Å². The number of benzene rings is 1. The first-order valence-corrected chi connectivity index (χ1v) is 7.43. The van der Waals surface area contributed by atoms with Gasteiger partial charge in [0.1, 0.15) is 18.8 Å². The smallest absolute Gasteiger partial charge is 0.291 e. The number of unbranched alkanes of at least 4 members (excludes halogenated alkanes) is 1. The standard InChI is InChI=1S/C14H18ClN3O.HNO3/c1-2-3-8-19-14(9-18-11-16-10-17-18)12-4-6-13(15)7-5-12;2-1(3)4/h4-7,10-11,14H,2-3,8-9H2,1H3;(H,2,3,4). The van der Waals surface area contributed by atoms with Crippen molar-refractivity contribution in [1.29, 1.82) is 0 Å². The van der Waals surface area contributed by atoms with Crippen molar-refractivity contribution in [3.8, 4) is 0 Å². The summed E-state index contributed by atoms with van der Waals surface area (Å²) < 4.78 is 7.73. The van der Waals surface area contributed by atoms with Crippen LogP contribution in [-0.2, 0) is 11.3 Å². The lowest BCUT2D eigenvalue weighted by atomic mass is 10.1. The molecule has 0 bridgehead atoms. The molecule has 1 N–H and O–H groups in total.